The maximum absolute atomic E-state index is 12.7. The molecule has 0 saturated carbocycles. The van der Waals surface area contributed by atoms with Gasteiger partial charge in [-0.1, -0.05) is 0 Å². The minimum absolute atomic E-state index is 0.00691. The molecular weight excluding hydrogens is 308 g/mol. The molecule has 124 valence electrons. The van der Waals surface area contributed by atoms with E-state index in [4.69, 9.17) is 0 Å². The minimum Gasteiger partial charge on any atom is -0.333 e. The Labute approximate surface area is 137 Å². The Morgan fingerprint density at radius 1 is 1.29 bits per heavy atom. The van der Waals surface area contributed by atoms with Gasteiger partial charge in [0.2, 0.25) is 11.7 Å². The lowest BCUT2D eigenvalue weighted by atomic mass is 9.99. The number of hydrogen-bond donors (Lipinski definition) is 1. The van der Waals surface area contributed by atoms with Gasteiger partial charge in [-0.05, 0) is 25.3 Å². The second kappa shape index (κ2) is 5.95. The van der Waals surface area contributed by atoms with Gasteiger partial charge in [0.05, 0.1) is 6.04 Å². The number of fused-ring (bicyclic) bond motifs is 1. The molecule has 0 radical (unpaired) electrons. The SMILES string of the molecule is O=C(Cn1cccn1)N1CCCCC1c1cc(=O)n2ccnc2[nH]1. The van der Waals surface area contributed by atoms with Crippen LogP contribution in [0.15, 0.2) is 41.7 Å². The van der Waals surface area contributed by atoms with Gasteiger partial charge >= 0.3 is 0 Å². The molecule has 0 bridgehead atoms. The van der Waals surface area contributed by atoms with Crippen molar-refractivity contribution in [1.82, 2.24) is 29.0 Å². The van der Waals surface area contributed by atoms with Crippen molar-refractivity contribution in [3.63, 3.8) is 0 Å². The third-order valence-corrected chi connectivity index (χ3v) is 4.45. The van der Waals surface area contributed by atoms with Crippen LogP contribution in [0.3, 0.4) is 0 Å². The van der Waals surface area contributed by atoms with Crippen molar-refractivity contribution < 1.29 is 4.79 Å². The molecule has 4 heterocycles. The molecule has 1 aliphatic heterocycles. The molecule has 4 rings (SSSR count). The first-order valence-electron chi connectivity index (χ1n) is 8.05. The van der Waals surface area contributed by atoms with Crippen molar-refractivity contribution in [3.8, 4) is 0 Å². The van der Waals surface area contributed by atoms with Crippen molar-refractivity contribution in [2.24, 2.45) is 0 Å². The lowest BCUT2D eigenvalue weighted by molar-refractivity contribution is -0.136. The molecule has 8 nitrogen and oxygen atoms in total. The first kappa shape index (κ1) is 14.7. The highest BCUT2D eigenvalue weighted by Crippen LogP contribution is 2.29. The van der Waals surface area contributed by atoms with Gasteiger partial charge in [0.15, 0.2) is 0 Å². The summed E-state index contributed by atoms with van der Waals surface area (Å²) in [6.07, 6.45) is 9.46. The number of aromatic nitrogens is 5. The summed E-state index contributed by atoms with van der Waals surface area (Å²) >= 11 is 0. The molecule has 8 heteroatoms. The number of amides is 1. The maximum Gasteiger partial charge on any atom is 0.259 e. The zero-order chi connectivity index (χ0) is 16.5. The summed E-state index contributed by atoms with van der Waals surface area (Å²) in [5.41, 5.74) is 0.605. The molecule has 1 fully saturated rings. The second-order valence-electron chi connectivity index (χ2n) is 5.99. The van der Waals surface area contributed by atoms with Gasteiger partial charge in [0.1, 0.15) is 6.54 Å². The molecule has 1 amide bonds. The van der Waals surface area contributed by atoms with Crippen LogP contribution in [0.5, 0.6) is 0 Å². The Morgan fingerprint density at radius 2 is 2.21 bits per heavy atom. The highest BCUT2D eigenvalue weighted by atomic mass is 16.2. The summed E-state index contributed by atoms with van der Waals surface area (Å²) in [5.74, 6) is 0.509. The Bertz CT molecular complexity index is 910. The normalized spacial score (nSPS) is 18.2. The van der Waals surface area contributed by atoms with E-state index in [1.807, 2.05) is 4.90 Å². The van der Waals surface area contributed by atoms with Gasteiger partial charge in [-0.3, -0.25) is 18.7 Å². The highest BCUT2D eigenvalue weighted by molar-refractivity contribution is 5.76. The summed E-state index contributed by atoms with van der Waals surface area (Å²) < 4.78 is 3.08. The van der Waals surface area contributed by atoms with Crippen LogP contribution in [-0.4, -0.2) is 41.5 Å². The van der Waals surface area contributed by atoms with Crippen molar-refractivity contribution in [2.45, 2.75) is 31.8 Å². The predicted octanol–water partition coefficient (Wildman–Crippen LogP) is 0.973. The summed E-state index contributed by atoms with van der Waals surface area (Å²) in [6, 6.07) is 3.24. The Morgan fingerprint density at radius 3 is 3.04 bits per heavy atom. The highest BCUT2D eigenvalue weighted by Gasteiger charge is 2.29. The molecule has 1 N–H and O–H groups in total. The van der Waals surface area contributed by atoms with E-state index in [0.29, 0.717) is 12.3 Å². The minimum atomic E-state index is -0.138. The number of H-pyrrole nitrogens is 1. The van der Waals surface area contributed by atoms with Gasteiger partial charge in [-0.2, -0.15) is 5.10 Å². The van der Waals surface area contributed by atoms with Crippen LogP contribution in [0.2, 0.25) is 0 Å². The molecule has 1 saturated heterocycles. The van der Waals surface area contributed by atoms with Gasteiger partial charge in [-0.25, -0.2) is 4.98 Å². The number of carbonyl (C=O) groups excluding carboxylic acids is 1. The number of piperidine rings is 1. The van der Waals surface area contributed by atoms with Crippen molar-refractivity contribution >= 4 is 11.7 Å². The van der Waals surface area contributed by atoms with E-state index in [1.54, 1.807) is 41.6 Å². The van der Waals surface area contributed by atoms with E-state index in [1.165, 1.54) is 4.40 Å². The van der Waals surface area contributed by atoms with Crippen LogP contribution in [0.4, 0.5) is 0 Å². The standard InChI is InChI=1S/C16H18N6O2/c23-14-10-12(19-16-17-6-9-22(14)16)13-4-1-2-8-21(13)15(24)11-20-7-3-5-18-20/h3,5-7,9-10,13H,1-2,4,8,11H2,(H,17,19). The Balaban J connectivity index is 1.65. The number of nitrogens with one attached hydrogen (secondary N) is 1. The number of nitrogens with zero attached hydrogens (tertiary/aromatic N) is 5. The molecule has 24 heavy (non-hydrogen) atoms. The molecule has 1 atom stereocenters. The number of likely N-dealkylation sites (tertiary alicyclic amines) is 1. The van der Waals surface area contributed by atoms with Crippen LogP contribution in [-0.2, 0) is 11.3 Å². The molecular formula is C16H18N6O2. The zero-order valence-electron chi connectivity index (χ0n) is 13.1. The summed E-state index contributed by atoms with van der Waals surface area (Å²) in [5, 5.41) is 4.09. The average Bonchev–Trinajstić information content (AvgIpc) is 3.26. The number of imidazole rings is 1. The van der Waals surface area contributed by atoms with Crippen molar-refractivity contribution in [3.05, 3.63) is 53.0 Å². The Hall–Kier alpha value is -2.90. The lowest BCUT2D eigenvalue weighted by Crippen LogP contribution is -2.41. The summed E-state index contributed by atoms with van der Waals surface area (Å²) in [4.78, 5) is 34.1. The van der Waals surface area contributed by atoms with Gasteiger partial charge in [0.25, 0.3) is 5.56 Å². The van der Waals surface area contributed by atoms with Crippen LogP contribution in [0, 0.1) is 0 Å². The van der Waals surface area contributed by atoms with E-state index in [0.717, 1.165) is 25.0 Å². The fourth-order valence-corrected chi connectivity index (χ4v) is 3.30. The third-order valence-electron chi connectivity index (χ3n) is 4.45. The second-order valence-corrected chi connectivity index (χ2v) is 5.99. The van der Waals surface area contributed by atoms with E-state index in [-0.39, 0.29) is 24.1 Å². The molecule has 0 spiro atoms. The number of hydrogen-bond acceptors (Lipinski definition) is 4. The van der Waals surface area contributed by atoms with Crippen LogP contribution < -0.4 is 5.56 Å². The largest absolute Gasteiger partial charge is 0.333 e. The van der Waals surface area contributed by atoms with Crippen LogP contribution in [0.25, 0.3) is 5.78 Å². The van der Waals surface area contributed by atoms with E-state index < -0.39 is 0 Å². The van der Waals surface area contributed by atoms with E-state index in [2.05, 4.69) is 15.1 Å². The van der Waals surface area contributed by atoms with Crippen molar-refractivity contribution in [1.29, 1.82) is 0 Å². The Kier molecular flexibility index (Phi) is 3.64. The smallest absolute Gasteiger partial charge is 0.259 e. The van der Waals surface area contributed by atoms with Crippen molar-refractivity contribution in [2.75, 3.05) is 6.54 Å². The predicted molar refractivity (Wildman–Crippen MR) is 86.3 cm³/mol. The molecule has 3 aromatic rings. The van der Waals surface area contributed by atoms with Gasteiger partial charge in [0, 0.05) is 43.1 Å². The average molecular weight is 326 g/mol. The first-order chi connectivity index (χ1) is 11.7. The molecule has 1 aliphatic rings. The fraction of sp³-hybridized carbons (Fsp3) is 0.375. The monoisotopic (exact) mass is 326 g/mol. The number of rotatable bonds is 3. The number of aromatic amines is 1. The van der Waals surface area contributed by atoms with Crippen LogP contribution >= 0.6 is 0 Å². The molecule has 0 aliphatic carbocycles. The van der Waals surface area contributed by atoms with E-state index in [9.17, 15) is 9.59 Å². The van der Waals surface area contributed by atoms with Gasteiger partial charge in [-0.15, -0.1) is 0 Å². The maximum atomic E-state index is 12.7. The topological polar surface area (TPSA) is 88.3 Å². The van der Waals surface area contributed by atoms with E-state index >= 15 is 0 Å². The quantitative estimate of drug-likeness (QED) is 0.777. The van der Waals surface area contributed by atoms with Gasteiger partial charge < -0.3 is 9.88 Å². The zero-order valence-corrected chi connectivity index (χ0v) is 13.1. The molecule has 0 aromatic carbocycles. The summed E-state index contributed by atoms with van der Waals surface area (Å²) in [7, 11) is 0. The number of carbonyl (C=O) groups is 1. The summed E-state index contributed by atoms with van der Waals surface area (Å²) in [6.45, 7) is 0.895. The molecule has 1 unspecified atom stereocenters. The molecule has 3 aromatic heterocycles. The fourth-order valence-electron chi connectivity index (χ4n) is 3.30. The van der Waals surface area contributed by atoms with Crippen LogP contribution in [0.1, 0.15) is 31.0 Å². The lowest BCUT2D eigenvalue weighted by Gasteiger charge is -2.35. The third kappa shape index (κ3) is 2.60. The first-order valence-corrected chi connectivity index (χ1v) is 8.05.